The second-order valence-electron chi connectivity index (χ2n) is 2.96. The van der Waals surface area contributed by atoms with Crippen LogP contribution in [0, 0.1) is 0 Å². The van der Waals surface area contributed by atoms with E-state index < -0.39 is 0 Å². The van der Waals surface area contributed by atoms with Gasteiger partial charge in [0.1, 0.15) is 5.75 Å². The number of aryl methyl sites for hydroxylation is 1. The number of hydrogen-bond donors (Lipinski definition) is 1. The molecule has 0 saturated carbocycles. The molecular formula is C9H11N3O. The van der Waals surface area contributed by atoms with Gasteiger partial charge in [0.15, 0.2) is 0 Å². The molecule has 0 aliphatic carbocycles. The van der Waals surface area contributed by atoms with Crippen LogP contribution in [0.3, 0.4) is 0 Å². The highest BCUT2D eigenvalue weighted by Crippen LogP contribution is 2.26. The molecule has 2 aromatic rings. The van der Waals surface area contributed by atoms with Gasteiger partial charge in [0.2, 0.25) is 0 Å². The molecule has 2 N–H and O–H groups in total. The van der Waals surface area contributed by atoms with E-state index in [-0.39, 0.29) is 0 Å². The lowest BCUT2D eigenvalue weighted by molar-refractivity contribution is 0.417. The molecule has 0 saturated heterocycles. The van der Waals surface area contributed by atoms with Gasteiger partial charge in [-0.05, 0) is 12.1 Å². The summed E-state index contributed by atoms with van der Waals surface area (Å²) in [6.45, 7) is 0. The van der Waals surface area contributed by atoms with Crippen LogP contribution >= 0.6 is 0 Å². The Hall–Kier alpha value is -1.71. The summed E-state index contributed by atoms with van der Waals surface area (Å²) in [5.74, 6) is 0.695. The Kier molecular flexibility index (Phi) is 1.62. The van der Waals surface area contributed by atoms with Crippen molar-refractivity contribution in [1.29, 1.82) is 0 Å². The van der Waals surface area contributed by atoms with Crippen LogP contribution in [-0.4, -0.2) is 16.9 Å². The highest BCUT2D eigenvalue weighted by atomic mass is 16.5. The van der Waals surface area contributed by atoms with E-state index in [0.717, 1.165) is 10.9 Å². The molecule has 4 heteroatoms. The van der Waals surface area contributed by atoms with E-state index in [9.17, 15) is 0 Å². The molecule has 1 aromatic heterocycles. The molecule has 2 rings (SSSR count). The fourth-order valence-electron chi connectivity index (χ4n) is 1.37. The highest BCUT2D eigenvalue weighted by molar-refractivity contribution is 5.84. The molecule has 68 valence electrons. The van der Waals surface area contributed by atoms with E-state index in [1.165, 1.54) is 0 Å². The van der Waals surface area contributed by atoms with Gasteiger partial charge in [-0.3, -0.25) is 4.68 Å². The number of nitrogens with two attached hydrogens (primary N) is 1. The van der Waals surface area contributed by atoms with Gasteiger partial charge in [-0.1, -0.05) is 0 Å². The number of ether oxygens (including phenoxy) is 1. The van der Waals surface area contributed by atoms with Crippen LogP contribution in [0.4, 0.5) is 5.69 Å². The van der Waals surface area contributed by atoms with Crippen LogP contribution in [0.5, 0.6) is 5.75 Å². The Labute approximate surface area is 75.9 Å². The Bertz CT molecular complexity index is 447. The maximum absolute atomic E-state index is 5.73. The minimum absolute atomic E-state index is 0.619. The van der Waals surface area contributed by atoms with Crippen LogP contribution in [0.15, 0.2) is 18.3 Å². The Balaban J connectivity index is 2.72. The van der Waals surface area contributed by atoms with Crippen molar-refractivity contribution in [2.75, 3.05) is 12.8 Å². The normalized spacial score (nSPS) is 10.6. The summed E-state index contributed by atoms with van der Waals surface area (Å²) in [5, 5.41) is 5.27. The average molecular weight is 177 g/mol. The van der Waals surface area contributed by atoms with Crippen LogP contribution in [0.25, 0.3) is 10.9 Å². The second-order valence-corrected chi connectivity index (χ2v) is 2.96. The van der Waals surface area contributed by atoms with Gasteiger partial charge in [0, 0.05) is 18.6 Å². The largest absolute Gasteiger partial charge is 0.495 e. The van der Waals surface area contributed by atoms with Crippen LogP contribution < -0.4 is 10.5 Å². The van der Waals surface area contributed by atoms with Crippen LogP contribution in [0.1, 0.15) is 0 Å². The minimum atomic E-state index is 0.619. The van der Waals surface area contributed by atoms with Gasteiger partial charge in [-0.15, -0.1) is 0 Å². The first kappa shape index (κ1) is 7.91. The van der Waals surface area contributed by atoms with E-state index in [1.807, 2.05) is 25.4 Å². The zero-order valence-electron chi connectivity index (χ0n) is 7.61. The summed E-state index contributed by atoms with van der Waals surface area (Å²) < 4.78 is 6.85. The maximum atomic E-state index is 5.73. The minimum Gasteiger partial charge on any atom is -0.495 e. The topological polar surface area (TPSA) is 53.1 Å². The third kappa shape index (κ3) is 1.20. The average Bonchev–Trinajstić information content (AvgIpc) is 2.42. The van der Waals surface area contributed by atoms with Crippen molar-refractivity contribution in [2.24, 2.45) is 7.05 Å². The molecule has 0 atom stereocenters. The Morgan fingerprint density at radius 2 is 2.23 bits per heavy atom. The summed E-state index contributed by atoms with van der Waals surface area (Å²) >= 11 is 0. The molecule has 1 heterocycles. The van der Waals surface area contributed by atoms with Crippen LogP contribution in [0.2, 0.25) is 0 Å². The van der Waals surface area contributed by atoms with Gasteiger partial charge in [-0.25, -0.2) is 0 Å². The van der Waals surface area contributed by atoms with Gasteiger partial charge in [0.25, 0.3) is 0 Å². The van der Waals surface area contributed by atoms with Crippen molar-refractivity contribution in [2.45, 2.75) is 0 Å². The number of fused-ring (bicyclic) bond motifs is 1. The summed E-state index contributed by atoms with van der Waals surface area (Å²) in [7, 11) is 3.48. The number of aromatic nitrogens is 2. The molecule has 1 aromatic carbocycles. The molecular weight excluding hydrogens is 166 g/mol. The zero-order chi connectivity index (χ0) is 9.42. The predicted molar refractivity (Wildman–Crippen MR) is 51.7 cm³/mol. The van der Waals surface area contributed by atoms with Crippen molar-refractivity contribution in [1.82, 2.24) is 9.78 Å². The molecule has 0 unspecified atom stereocenters. The number of benzene rings is 1. The van der Waals surface area contributed by atoms with E-state index in [4.69, 9.17) is 10.5 Å². The van der Waals surface area contributed by atoms with Crippen molar-refractivity contribution in [3.63, 3.8) is 0 Å². The third-order valence-electron chi connectivity index (χ3n) is 1.97. The van der Waals surface area contributed by atoms with E-state index in [2.05, 4.69) is 5.10 Å². The van der Waals surface area contributed by atoms with E-state index in [0.29, 0.717) is 11.4 Å². The Morgan fingerprint density at radius 1 is 1.46 bits per heavy atom. The molecule has 0 aliphatic rings. The first-order valence-corrected chi connectivity index (χ1v) is 3.97. The first-order chi connectivity index (χ1) is 6.20. The SMILES string of the molecule is COc1cc2cn(C)nc2cc1N. The van der Waals surface area contributed by atoms with E-state index >= 15 is 0 Å². The zero-order valence-corrected chi connectivity index (χ0v) is 7.61. The fourth-order valence-corrected chi connectivity index (χ4v) is 1.37. The molecule has 0 amide bonds. The number of anilines is 1. The van der Waals surface area contributed by atoms with Crippen molar-refractivity contribution >= 4 is 16.6 Å². The standard InChI is InChI=1S/C9H11N3O/c1-12-5-6-3-9(13-2)7(10)4-8(6)11-12/h3-5H,10H2,1-2H3. The second kappa shape index (κ2) is 2.65. The Morgan fingerprint density at radius 3 is 2.92 bits per heavy atom. The van der Waals surface area contributed by atoms with Crippen molar-refractivity contribution < 1.29 is 4.74 Å². The van der Waals surface area contributed by atoms with Crippen molar-refractivity contribution in [3.8, 4) is 5.75 Å². The fraction of sp³-hybridized carbons (Fsp3) is 0.222. The lowest BCUT2D eigenvalue weighted by Gasteiger charge is -2.02. The molecule has 13 heavy (non-hydrogen) atoms. The van der Waals surface area contributed by atoms with Gasteiger partial charge < -0.3 is 10.5 Å². The summed E-state index contributed by atoms with van der Waals surface area (Å²) in [6, 6.07) is 3.70. The molecule has 4 nitrogen and oxygen atoms in total. The number of nitrogens with zero attached hydrogens (tertiary/aromatic N) is 2. The van der Waals surface area contributed by atoms with Gasteiger partial charge >= 0.3 is 0 Å². The van der Waals surface area contributed by atoms with Gasteiger partial charge in [-0.2, -0.15) is 5.10 Å². The summed E-state index contributed by atoms with van der Waals surface area (Å²) in [6.07, 6.45) is 1.93. The lowest BCUT2D eigenvalue weighted by atomic mass is 10.2. The number of methoxy groups -OCH3 is 1. The lowest BCUT2D eigenvalue weighted by Crippen LogP contribution is -1.91. The summed E-state index contributed by atoms with van der Waals surface area (Å²) in [4.78, 5) is 0. The number of rotatable bonds is 1. The van der Waals surface area contributed by atoms with Gasteiger partial charge in [0.05, 0.1) is 18.3 Å². The molecule has 0 bridgehead atoms. The maximum Gasteiger partial charge on any atom is 0.142 e. The number of hydrogen-bond acceptors (Lipinski definition) is 3. The first-order valence-electron chi connectivity index (χ1n) is 3.97. The monoisotopic (exact) mass is 177 g/mol. The van der Waals surface area contributed by atoms with Crippen molar-refractivity contribution in [3.05, 3.63) is 18.3 Å². The molecule has 0 radical (unpaired) electrons. The summed E-state index contributed by atoms with van der Waals surface area (Å²) in [5.41, 5.74) is 7.24. The smallest absolute Gasteiger partial charge is 0.142 e. The molecule has 0 fully saturated rings. The molecule has 0 spiro atoms. The quantitative estimate of drug-likeness (QED) is 0.665. The predicted octanol–water partition coefficient (Wildman–Crippen LogP) is 1.16. The number of nitrogen functional groups attached to an aromatic ring is 1. The van der Waals surface area contributed by atoms with E-state index in [1.54, 1.807) is 11.8 Å². The third-order valence-corrected chi connectivity index (χ3v) is 1.97. The van der Waals surface area contributed by atoms with Crippen LogP contribution in [-0.2, 0) is 7.05 Å². The highest BCUT2D eigenvalue weighted by Gasteiger charge is 2.04. The molecule has 0 aliphatic heterocycles.